The fourth-order valence-electron chi connectivity index (χ4n) is 4.58. The minimum Gasteiger partial charge on any atom is -0.368 e. The van der Waals surface area contributed by atoms with Crippen molar-refractivity contribution in [2.24, 2.45) is 12.8 Å². The summed E-state index contributed by atoms with van der Waals surface area (Å²) >= 11 is 6.70. The Balaban J connectivity index is 1.59. The summed E-state index contributed by atoms with van der Waals surface area (Å²) in [6.07, 6.45) is 1.72. The molecular formula is C22H24ClFN8O. The van der Waals surface area contributed by atoms with E-state index < -0.39 is 11.8 Å². The summed E-state index contributed by atoms with van der Waals surface area (Å²) in [5.41, 5.74) is 7.69. The van der Waals surface area contributed by atoms with Crippen LogP contribution in [-0.4, -0.2) is 50.8 Å². The predicted molar refractivity (Wildman–Crippen MR) is 128 cm³/mol. The number of nitrogens with one attached hydrogen (secondary N) is 2. The maximum Gasteiger partial charge on any atom is 0.340 e. The molecule has 0 bridgehead atoms. The lowest BCUT2D eigenvalue weighted by Crippen LogP contribution is -2.54. The van der Waals surface area contributed by atoms with E-state index in [0.717, 1.165) is 23.5 Å². The van der Waals surface area contributed by atoms with Crippen molar-refractivity contribution in [1.29, 1.82) is 0 Å². The van der Waals surface area contributed by atoms with E-state index in [0.29, 0.717) is 44.9 Å². The second-order valence-electron chi connectivity index (χ2n) is 8.62. The third-order valence-electron chi connectivity index (χ3n) is 5.79. The van der Waals surface area contributed by atoms with Crippen LogP contribution in [0.3, 0.4) is 0 Å². The zero-order chi connectivity index (χ0) is 23.4. The number of halogens is 2. The monoisotopic (exact) mass is 470 g/mol. The van der Waals surface area contributed by atoms with Crippen molar-refractivity contribution >= 4 is 56.6 Å². The van der Waals surface area contributed by atoms with Crippen molar-refractivity contribution in [1.82, 2.24) is 24.9 Å². The zero-order valence-corrected chi connectivity index (χ0v) is 19.2. The fourth-order valence-corrected chi connectivity index (χ4v) is 4.88. The molecule has 1 fully saturated rings. The first kappa shape index (κ1) is 21.5. The van der Waals surface area contributed by atoms with Gasteiger partial charge in [-0.3, -0.25) is 4.68 Å². The first-order valence-corrected chi connectivity index (χ1v) is 11.0. The van der Waals surface area contributed by atoms with E-state index in [1.807, 2.05) is 12.1 Å². The van der Waals surface area contributed by atoms with E-state index in [-0.39, 0.29) is 5.52 Å². The van der Waals surface area contributed by atoms with Crippen LogP contribution in [0, 0.1) is 5.82 Å². The highest BCUT2D eigenvalue weighted by Crippen LogP contribution is 2.37. The average Bonchev–Trinajstić information content (AvgIpc) is 3.28. The Hall–Kier alpha value is -3.37. The Morgan fingerprint density at radius 2 is 1.94 bits per heavy atom. The van der Waals surface area contributed by atoms with Crippen molar-refractivity contribution in [3.8, 4) is 0 Å². The highest BCUT2D eigenvalue weighted by Gasteiger charge is 2.24. The minimum atomic E-state index is -0.739. The van der Waals surface area contributed by atoms with E-state index in [2.05, 4.69) is 39.6 Å². The summed E-state index contributed by atoms with van der Waals surface area (Å²) in [5, 5.41) is 16.6. The lowest BCUT2D eigenvalue weighted by Gasteiger charge is -2.37. The van der Waals surface area contributed by atoms with Crippen LogP contribution in [0.4, 0.5) is 26.4 Å². The van der Waals surface area contributed by atoms with Crippen LogP contribution in [0.2, 0.25) is 5.02 Å². The molecule has 2 aromatic heterocycles. The lowest BCUT2D eigenvalue weighted by molar-refractivity contribution is 0.248. The third-order valence-corrected chi connectivity index (χ3v) is 6.09. The van der Waals surface area contributed by atoms with Crippen LogP contribution in [0.15, 0.2) is 30.5 Å². The number of nitrogens with zero attached hydrogens (tertiary/aromatic N) is 5. The summed E-state index contributed by atoms with van der Waals surface area (Å²) in [5.74, 6) is -0.158. The van der Waals surface area contributed by atoms with Gasteiger partial charge in [0.05, 0.1) is 15.9 Å². The molecule has 11 heteroatoms. The Kier molecular flexibility index (Phi) is 5.13. The topological polar surface area (TPSA) is 106 Å². The highest BCUT2D eigenvalue weighted by atomic mass is 35.5. The molecule has 172 valence electrons. The number of anilines is 3. The molecule has 1 aliphatic rings. The molecule has 0 spiro atoms. The average molecular weight is 471 g/mol. The van der Waals surface area contributed by atoms with Crippen molar-refractivity contribution in [3.05, 3.63) is 41.3 Å². The molecule has 1 aliphatic heterocycles. The molecule has 4 aromatic rings. The summed E-state index contributed by atoms with van der Waals surface area (Å²) in [4.78, 5) is 14.4. The van der Waals surface area contributed by atoms with E-state index in [4.69, 9.17) is 17.3 Å². The number of aryl methyl sites for hydroxylation is 1. The summed E-state index contributed by atoms with van der Waals surface area (Å²) in [6, 6.07) is 6.68. The Morgan fingerprint density at radius 1 is 1.21 bits per heavy atom. The summed E-state index contributed by atoms with van der Waals surface area (Å²) in [7, 11) is 1.73. The van der Waals surface area contributed by atoms with Crippen molar-refractivity contribution in [2.45, 2.75) is 25.9 Å². The number of benzene rings is 2. The van der Waals surface area contributed by atoms with Gasteiger partial charge in [0, 0.05) is 55.2 Å². The zero-order valence-electron chi connectivity index (χ0n) is 18.4. The summed E-state index contributed by atoms with van der Waals surface area (Å²) < 4.78 is 17.2. The quantitative estimate of drug-likeness (QED) is 0.422. The molecule has 1 saturated heterocycles. The van der Waals surface area contributed by atoms with Gasteiger partial charge in [-0.1, -0.05) is 11.6 Å². The van der Waals surface area contributed by atoms with E-state index in [9.17, 15) is 9.18 Å². The van der Waals surface area contributed by atoms with Gasteiger partial charge < -0.3 is 21.3 Å². The molecule has 0 aliphatic carbocycles. The molecule has 0 saturated carbocycles. The SMILES string of the molecule is C[C@H]1CN(c2cc(Cl)c3c(Nc4cc(F)c5nn(C)cc5c4)nn(C(N)=O)c3c2)C[C@H](C)N1. The first-order valence-electron chi connectivity index (χ1n) is 10.6. The van der Waals surface area contributed by atoms with Crippen molar-refractivity contribution in [2.75, 3.05) is 23.3 Å². The number of hydrogen-bond donors (Lipinski definition) is 3. The van der Waals surface area contributed by atoms with E-state index in [1.54, 1.807) is 24.0 Å². The number of carbonyl (C=O) groups excluding carboxylic acids is 1. The van der Waals surface area contributed by atoms with Crippen molar-refractivity contribution < 1.29 is 9.18 Å². The molecular weight excluding hydrogens is 447 g/mol. The Bertz CT molecular complexity index is 1390. The number of primary amides is 1. The molecule has 9 nitrogen and oxygen atoms in total. The molecule has 1 amide bonds. The van der Waals surface area contributed by atoms with Gasteiger partial charge in [-0.25, -0.2) is 9.18 Å². The smallest absolute Gasteiger partial charge is 0.340 e. The van der Waals surface area contributed by atoms with Gasteiger partial charge in [-0.2, -0.15) is 9.78 Å². The number of hydrogen-bond acceptors (Lipinski definition) is 6. The van der Waals surface area contributed by atoms with Gasteiger partial charge in [0.15, 0.2) is 11.6 Å². The van der Waals surface area contributed by atoms with Crippen LogP contribution in [0.5, 0.6) is 0 Å². The largest absolute Gasteiger partial charge is 0.368 e. The maximum atomic E-state index is 14.6. The van der Waals surface area contributed by atoms with Crippen LogP contribution in [0.25, 0.3) is 21.8 Å². The molecule has 5 rings (SSSR count). The van der Waals surface area contributed by atoms with E-state index >= 15 is 0 Å². The van der Waals surface area contributed by atoms with Gasteiger partial charge >= 0.3 is 6.03 Å². The Labute approximate surface area is 194 Å². The molecule has 0 radical (unpaired) electrons. The van der Waals surface area contributed by atoms with Gasteiger partial charge in [-0.15, -0.1) is 5.10 Å². The van der Waals surface area contributed by atoms with Crippen LogP contribution in [-0.2, 0) is 7.05 Å². The fraction of sp³-hybridized carbons (Fsp3) is 0.318. The number of amides is 1. The van der Waals surface area contributed by atoms with Gasteiger partial charge in [0.25, 0.3) is 0 Å². The van der Waals surface area contributed by atoms with Gasteiger partial charge in [-0.05, 0) is 38.1 Å². The number of carbonyl (C=O) groups is 1. The second-order valence-corrected chi connectivity index (χ2v) is 9.02. The standard InChI is InChI=1S/C22H24ClFN8O/c1-11-8-31(9-12(2)26-11)15-6-16(23)19-18(7-15)32(22(25)33)29-21(19)27-14-4-13-10-30(3)28-20(13)17(24)5-14/h4-7,10-12,26H,8-9H2,1-3H3,(H2,25,33)(H,27,29)/t11-,12-/m0/s1. The Morgan fingerprint density at radius 3 is 2.64 bits per heavy atom. The highest BCUT2D eigenvalue weighted by molar-refractivity contribution is 6.37. The molecule has 2 atom stereocenters. The molecule has 3 heterocycles. The summed E-state index contributed by atoms with van der Waals surface area (Å²) in [6.45, 7) is 5.84. The van der Waals surface area contributed by atoms with Gasteiger partial charge in [0.2, 0.25) is 0 Å². The number of rotatable bonds is 3. The molecule has 33 heavy (non-hydrogen) atoms. The van der Waals surface area contributed by atoms with Crippen LogP contribution in [0.1, 0.15) is 13.8 Å². The van der Waals surface area contributed by atoms with Crippen LogP contribution >= 0.6 is 11.6 Å². The number of nitrogens with two attached hydrogens (primary N) is 1. The normalized spacial score (nSPS) is 18.9. The second kappa shape index (κ2) is 7.89. The minimum absolute atomic E-state index is 0.276. The number of aromatic nitrogens is 4. The van der Waals surface area contributed by atoms with Crippen molar-refractivity contribution in [3.63, 3.8) is 0 Å². The van der Waals surface area contributed by atoms with Gasteiger partial charge in [0.1, 0.15) is 5.52 Å². The number of piperazine rings is 1. The van der Waals surface area contributed by atoms with Crippen LogP contribution < -0.4 is 21.3 Å². The molecule has 0 unspecified atom stereocenters. The lowest BCUT2D eigenvalue weighted by atomic mass is 10.1. The first-order chi connectivity index (χ1) is 15.7. The molecule has 2 aromatic carbocycles. The third kappa shape index (κ3) is 3.85. The number of fused-ring (bicyclic) bond motifs is 2. The predicted octanol–water partition coefficient (Wildman–Crippen LogP) is 3.57. The maximum absolute atomic E-state index is 14.6. The van der Waals surface area contributed by atoms with E-state index in [1.165, 1.54) is 6.07 Å². The molecule has 4 N–H and O–H groups in total.